The van der Waals surface area contributed by atoms with E-state index in [1.807, 2.05) is 19.0 Å². The van der Waals surface area contributed by atoms with Gasteiger partial charge in [0.2, 0.25) is 11.9 Å². The predicted octanol–water partition coefficient (Wildman–Crippen LogP) is 2.87. The number of nitrogens with zero attached hydrogens (tertiary/aromatic N) is 5. The van der Waals surface area contributed by atoms with Gasteiger partial charge in [-0.1, -0.05) is 42.5 Å². The van der Waals surface area contributed by atoms with Crippen LogP contribution in [-0.2, 0) is 6.54 Å². The van der Waals surface area contributed by atoms with Crippen LogP contribution < -0.4 is 10.6 Å². The second-order valence-electron chi connectivity index (χ2n) is 6.48. The SMILES string of the molecule is CC(c1nc(N)nc(N(C)C)n1)N(C)Cc1cccc2ccccc12. The van der Waals surface area contributed by atoms with E-state index >= 15 is 0 Å². The molecule has 0 amide bonds. The second-order valence-corrected chi connectivity index (χ2v) is 6.48. The zero-order chi connectivity index (χ0) is 18.0. The molecule has 6 nitrogen and oxygen atoms in total. The third-order valence-corrected chi connectivity index (χ3v) is 4.39. The molecule has 0 aliphatic carbocycles. The van der Waals surface area contributed by atoms with Crippen molar-refractivity contribution in [3.05, 3.63) is 53.9 Å². The van der Waals surface area contributed by atoms with Gasteiger partial charge in [-0.15, -0.1) is 0 Å². The van der Waals surface area contributed by atoms with E-state index in [-0.39, 0.29) is 12.0 Å². The lowest BCUT2D eigenvalue weighted by atomic mass is 10.0. The maximum absolute atomic E-state index is 5.85. The van der Waals surface area contributed by atoms with Gasteiger partial charge in [-0.05, 0) is 30.3 Å². The molecule has 0 bridgehead atoms. The fourth-order valence-corrected chi connectivity index (χ4v) is 2.82. The van der Waals surface area contributed by atoms with Gasteiger partial charge in [-0.2, -0.15) is 15.0 Å². The lowest BCUT2D eigenvalue weighted by Crippen LogP contribution is -2.25. The molecule has 1 unspecified atom stereocenters. The van der Waals surface area contributed by atoms with E-state index in [4.69, 9.17) is 5.73 Å². The highest BCUT2D eigenvalue weighted by atomic mass is 15.3. The van der Waals surface area contributed by atoms with Gasteiger partial charge in [0.25, 0.3) is 0 Å². The molecule has 0 saturated carbocycles. The summed E-state index contributed by atoms with van der Waals surface area (Å²) in [5, 5.41) is 2.52. The molecule has 0 spiro atoms. The molecular weight excluding hydrogens is 312 g/mol. The molecule has 2 aromatic carbocycles. The second kappa shape index (κ2) is 7.03. The number of aromatic nitrogens is 3. The first-order valence-corrected chi connectivity index (χ1v) is 8.31. The molecule has 2 N–H and O–H groups in total. The van der Waals surface area contributed by atoms with E-state index < -0.39 is 0 Å². The number of benzene rings is 2. The topological polar surface area (TPSA) is 71.2 Å². The summed E-state index contributed by atoms with van der Waals surface area (Å²) >= 11 is 0. The van der Waals surface area contributed by atoms with E-state index in [1.54, 1.807) is 0 Å². The average molecular weight is 336 g/mol. The van der Waals surface area contributed by atoms with Crippen molar-refractivity contribution in [2.24, 2.45) is 0 Å². The molecule has 0 radical (unpaired) electrons. The Balaban J connectivity index is 1.86. The van der Waals surface area contributed by atoms with Crippen LogP contribution in [0.1, 0.15) is 24.4 Å². The molecular formula is C19H24N6. The molecule has 0 saturated heterocycles. The van der Waals surface area contributed by atoms with Crippen molar-refractivity contribution in [1.82, 2.24) is 19.9 Å². The monoisotopic (exact) mass is 336 g/mol. The fraction of sp³-hybridized carbons (Fsp3) is 0.316. The number of fused-ring (bicyclic) bond motifs is 1. The van der Waals surface area contributed by atoms with Crippen LogP contribution in [0.5, 0.6) is 0 Å². The highest BCUT2D eigenvalue weighted by Gasteiger charge is 2.18. The van der Waals surface area contributed by atoms with Crippen molar-refractivity contribution in [3.8, 4) is 0 Å². The Labute approximate surface area is 148 Å². The number of hydrogen-bond acceptors (Lipinski definition) is 6. The number of nitrogen functional groups attached to an aromatic ring is 1. The molecule has 25 heavy (non-hydrogen) atoms. The summed E-state index contributed by atoms with van der Waals surface area (Å²) in [6, 6.07) is 14.9. The fourth-order valence-electron chi connectivity index (χ4n) is 2.82. The summed E-state index contributed by atoms with van der Waals surface area (Å²) < 4.78 is 0. The van der Waals surface area contributed by atoms with Crippen molar-refractivity contribution in [1.29, 1.82) is 0 Å². The van der Waals surface area contributed by atoms with Crippen LogP contribution in [0.15, 0.2) is 42.5 Å². The van der Waals surface area contributed by atoms with Crippen LogP contribution >= 0.6 is 0 Å². The normalized spacial score (nSPS) is 12.5. The highest BCUT2D eigenvalue weighted by molar-refractivity contribution is 5.85. The first-order valence-electron chi connectivity index (χ1n) is 8.31. The van der Waals surface area contributed by atoms with Crippen molar-refractivity contribution >= 4 is 22.7 Å². The zero-order valence-electron chi connectivity index (χ0n) is 15.1. The highest BCUT2D eigenvalue weighted by Crippen LogP contribution is 2.24. The summed E-state index contributed by atoms with van der Waals surface area (Å²) in [5.74, 6) is 1.51. The lowest BCUT2D eigenvalue weighted by molar-refractivity contribution is 0.244. The maximum atomic E-state index is 5.85. The van der Waals surface area contributed by atoms with Gasteiger partial charge in [0.15, 0.2) is 5.82 Å². The largest absolute Gasteiger partial charge is 0.368 e. The number of hydrogen-bond donors (Lipinski definition) is 1. The summed E-state index contributed by atoms with van der Waals surface area (Å²) in [7, 11) is 5.85. The molecule has 0 fully saturated rings. The van der Waals surface area contributed by atoms with Gasteiger partial charge in [0.05, 0.1) is 6.04 Å². The van der Waals surface area contributed by atoms with Crippen molar-refractivity contribution in [2.45, 2.75) is 19.5 Å². The lowest BCUT2D eigenvalue weighted by Gasteiger charge is -2.25. The maximum Gasteiger partial charge on any atom is 0.229 e. The molecule has 0 aliphatic rings. The summed E-state index contributed by atoms with van der Waals surface area (Å²) in [6.45, 7) is 2.88. The Morgan fingerprint density at radius 1 is 0.960 bits per heavy atom. The van der Waals surface area contributed by atoms with Crippen LogP contribution in [-0.4, -0.2) is 41.0 Å². The molecule has 6 heteroatoms. The van der Waals surface area contributed by atoms with E-state index in [2.05, 4.69) is 76.3 Å². The van der Waals surface area contributed by atoms with E-state index in [1.165, 1.54) is 16.3 Å². The van der Waals surface area contributed by atoms with Gasteiger partial charge < -0.3 is 10.6 Å². The van der Waals surface area contributed by atoms with Crippen molar-refractivity contribution < 1.29 is 0 Å². The number of rotatable bonds is 5. The minimum Gasteiger partial charge on any atom is -0.368 e. The predicted molar refractivity (Wildman–Crippen MR) is 102 cm³/mol. The quantitative estimate of drug-likeness (QED) is 0.772. The average Bonchev–Trinajstić information content (AvgIpc) is 2.60. The Morgan fingerprint density at radius 2 is 1.68 bits per heavy atom. The molecule has 1 atom stereocenters. The minimum absolute atomic E-state index is 0.0166. The van der Waals surface area contributed by atoms with Gasteiger partial charge in [0, 0.05) is 20.6 Å². The summed E-state index contributed by atoms with van der Waals surface area (Å²) in [6.07, 6.45) is 0. The van der Waals surface area contributed by atoms with Crippen LogP contribution in [0.4, 0.5) is 11.9 Å². The Kier molecular flexibility index (Phi) is 4.81. The molecule has 1 heterocycles. The van der Waals surface area contributed by atoms with Gasteiger partial charge in [-0.25, -0.2) is 0 Å². The Hall–Kier alpha value is -2.73. The smallest absolute Gasteiger partial charge is 0.229 e. The standard InChI is InChI=1S/C19H24N6/c1-13(17-21-18(20)23-19(22-17)24(2)3)25(4)12-15-10-7-9-14-8-5-6-11-16(14)15/h5-11,13H,12H2,1-4H3,(H2,20,21,22,23). The Bertz CT molecular complexity index is 871. The molecule has 3 rings (SSSR count). The third-order valence-electron chi connectivity index (χ3n) is 4.39. The van der Waals surface area contributed by atoms with E-state index in [0.717, 1.165) is 6.54 Å². The van der Waals surface area contributed by atoms with Crippen LogP contribution in [0.3, 0.4) is 0 Å². The number of nitrogens with two attached hydrogens (primary N) is 1. The van der Waals surface area contributed by atoms with Crippen molar-refractivity contribution in [3.63, 3.8) is 0 Å². The molecule has 3 aromatic rings. The first-order chi connectivity index (χ1) is 12.0. The molecule has 0 aliphatic heterocycles. The number of anilines is 2. The molecule has 1 aromatic heterocycles. The van der Waals surface area contributed by atoms with Gasteiger partial charge >= 0.3 is 0 Å². The minimum atomic E-state index is 0.0166. The van der Waals surface area contributed by atoms with E-state index in [9.17, 15) is 0 Å². The summed E-state index contributed by atoms with van der Waals surface area (Å²) in [4.78, 5) is 17.1. The third kappa shape index (κ3) is 3.69. The Morgan fingerprint density at radius 3 is 2.44 bits per heavy atom. The van der Waals surface area contributed by atoms with E-state index in [0.29, 0.717) is 11.8 Å². The first kappa shape index (κ1) is 17.1. The van der Waals surface area contributed by atoms with Gasteiger partial charge in [-0.3, -0.25) is 4.90 Å². The van der Waals surface area contributed by atoms with Crippen molar-refractivity contribution in [2.75, 3.05) is 31.8 Å². The van der Waals surface area contributed by atoms with Gasteiger partial charge in [0.1, 0.15) is 0 Å². The molecule has 130 valence electrons. The van der Waals surface area contributed by atoms with Crippen LogP contribution in [0, 0.1) is 0 Å². The summed E-state index contributed by atoms with van der Waals surface area (Å²) in [5.41, 5.74) is 7.13. The van der Waals surface area contributed by atoms with Crippen LogP contribution in [0.2, 0.25) is 0 Å². The zero-order valence-corrected chi connectivity index (χ0v) is 15.1. The van der Waals surface area contributed by atoms with Crippen LogP contribution in [0.25, 0.3) is 10.8 Å².